The largest absolute Gasteiger partial charge is 0.342 e. The molecule has 0 saturated heterocycles. The Hall–Kier alpha value is -1.02. The first-order valence-corrected chi connectivity index (χ1v) is 6.03. The Morgan fingerprint density at radius 1 is 1.38 bits per heavy atom. The van der Waals surface area contributed by atoms with Crippen LogP contribution < -0.4 is 0 Å². The van der Waals surface area contributed by atoms with Gasteiger partial charge in [-0.05, 0) is 26.3 Å². The third kappa shape index (κ3) is 2.99. The number of alkyl halides is 1. The molecule has 0 saturated carbocycles. The summed E-state index contributed by atoms with van der Waals surface area (Å²) >= 11 is 6.19. The second kappa shape index (κ2) is 5.90. The van der Waals surface area contributed by atoms with Crippen LogP contribution in [0.3, 0.4) is 0 Å². The summed E-state index contributed by atoms with van der Waals surface area (Å²) in [5.41, 5.74) is 1.99. The molecule has 1 rings (SSSR count). The van der Waals surface area contributed by atoms with Crippen LogP contribution >= 0.6 is 11.6 Å². The minimum atomic E-state index is -0.570. The number of aryl methyl sites for hydroxylation is 1. The lowest BCUT2D eigenvalue weighted by Crippen LogP contribution is -2.33. The maximum Gasteiger partial charge on any atom is 0.245 e. The molecule has 0 aliphatic heterocycles. The first-order chi connectivity index (χ1) is 7.60. The van der Waals surface area contributed by atoms with Gasteiger partial charge in [-0.2, -0.15) is 0 Å². The fraction of sp³-hybridized carbons (Fsp3) is 0.462. The normalized spacial score (nSPS) is 12.2. The number of carbonyl (C=O) groups excluding carboxylic acids is 1. The summed E-state index contributed by atoms with van der Waals surface area (Å²) in [5, 5.41) is -0.570. The molecular formula is C13H18ClNO. The topological polar surface area (TPSA) is 20.3 Å². The van der Waals surface area contributed by atoms with Crippen molar-refractivity contribution in [2.45, 2.75) is 26.1 Å². The van der Waals surface area contributed by atoms with Gasteiger partial charge in [-0.1, -0.05) is 29.8 Å². The second-order valence-corrected chi connectivity index (χ2v) is 4.22. The highest BCUT2D eigenvalue weighted by molar-refractivity contribution is 6.30. The van der Waals surface area contributed by atoms with Crippen molar-refractivity contribution in [3.63, 3.8) is 0 Å². The van der Waals surface area contributed by atoms with E-state index in [1.165, 1.54) is 0 Å². The average Bonchev–Trinajstić information content (AvgIpc) is 2.29. The van der Waals surface area contributed by atoms with Crippen LogP contribution in [0.15, 0.2) is 24.3 Å². The summed E-state index contributed by atoms with van der Waals surface area (Å²) in [6, 6.07) is 7.77. The molecule has 0 aliphatic rings. The van der Waals surface area contributed by atoms with Crippen LogP contribution in [0.25, 0.3) is 0 Å². The van der Waals surface area contributed by atoms with Crippen LogP contribution in [0.2, 0.25) is 0 Å². The van der Waals surface area contributed by atoms with Gasteiger partial charge >= 0.3 is 0 Å². The molecule has 1 aromatic carbocycles. The molecule has 2 nitrogen and oxygen atoms in total. The van der Waals surface area contributed by atoms with E-state index in [-0.39, 0.29) is 5.91 Å². The van der Waals surface area contributed by atoms with Crippen molar-refractivity contribution in [2.24, 2.45) is 0 Å². The van der Waals surface area contributed by atoms with E-state index in [1.807, 2.05) is 45.0 Å². The summed E-state index contributed by atoms with van der Waals surface area (Å²) in [6.45, 7) is 7.31. The maximum atomic E-state index is 12.0. The SMILES string of the molecule is CCN(CC)C(=O)C(Cl)c1cccc(C)c1. The highest BCUT2D eigenvalue weighted by atomic mass is 35.5. The zero-order valence-electron chi connectivity index (χ0n) is 10.0. The molecule has 1 amide bonds. The average molecular weight is 240 g/mol. The fourth-order valence-electron chi connectivity index (χ4n) is 1.67. The summed E-state index contributed by atoms with van der Waals surface area (Å²) in [7, 11) is 0. The third-order valence-corrected chi connectivity index (χ3v) is 3.07. The molecule has 0 aromatic heterocycles. The van der Waals surface area contributed by atoms with Gasteiger partial charge in [0.1, 0.15) is 5.38 Å². The van der Waals surface area contributed by atoms with Crippen LogP contribution in [0.5, 0.6) is 0 Å². The molecule has 1 unspecified atom stereocenters. The monoisotopic (exact) mass is 239 g/mol. The minimum absolute atomic E-state index is 0.0164. The number of hydrogen-bond donors (Lipinski definition) is 0. The van der Waals surface area contributed by atoms with Crippen molar-refractivity contribution < 1.29 is 4.79 Å². The predicted octanol–water partition coefficient (Wildman–Crippen LogP) is 3.14. The van der Waals surface area contributed by atoms with Gasteiger partial charge in [-0.25, -0.2) is 0 Å². The predicted molar refractivity (Wildman–Crippen MR) is 67.7 cm³/mol. The van der Waals surface area contributed by atoms with Crippen molar-refractivity contribution in [3.05, 3.63) is 35.4 Å². The van der Waals surface area contributed by atoms with E-state index in [9.17, 15) is 4.79 Å². The number of rotatable bonds is 4. The summed E-state index contributed by atoms with van der Waals surface area (Å²) in [5.74, 6) is -0.0164. The molecule has 3 heteroatoms. The lowest BCUT2D eigenvalue weighted by molar-refractivity contribution is -0.130. The second-order valence-electron chi connectivity index (χ2n) is 3.79. The van der Waals surface area contributed by atoms with Crippen molar-refractivity contribution in [3.8, 4) is 0 Å². The zero-order chi connectivity index (χ0) is 12.1. The number of carbonyl (C=O) groups is 1. The van der Waals surface area contributed by atoms with Gasteiger partial charge in [0.2, 0.25) is 5.91 Å². The highest BCUT2D eigenvalue weighted by Crippen LogP contribution is 2.23. The Morgan fingerprint density at radius 2 is 2.00 bits per heavy atom. The molecule has 0 bridgehead atoms. The third-order valence-electron chi connectivity index (χ3n) is 2.63. The number of hydrogen-bond acceptors (Lipinski definition) is 1. The van der Waals surface area contributed by atoms with Gasteiger partial charge in [-0.15, -0.1) is 11.6 Å². The Bertz CT molecular complexity index is 361. The highest BCUT2D eigenvalue weighted by Gasteiger charge is 2.21. The Labute approximate surface area is 102 Å². The van der Waals surface area contributed by atoms with Crippen LogP contribution in [-0.2, 0) is 4.79 Å². The Balaban J connectivity index is 2.85. The summed E-state index contributed by atoms with van der Waals surface area (Å²) < 4.78 is 0. The smallest absolute Gasteiger partial charge is 0.245 e. The maximum absolute atomic E-state index is 12.0. The number of nitrogens with zero attached hydrogens (tertiary/aromatic N) is 1. The first-order valence-electron chi connectivity index (χ1n) is 5.59. The van der Waals surface area contributed by atoms with E-state index in [0.717, 1.165) is 11.1 Å². The van der Waals surface area contributed by atoms with E-state index in [2.05, 4.69) is 0 Å². The van der Waals surface area contributed by atoms with Crippen molar-refractivity contribution in [1.29, 1.82) is 0 Å². The van der Waals surface area contributed by atoms with Gasteiger partial charge < -0.3 is 4.90 Å². The van der Waals surface area contributed by atoms with Crippen LogP contribution in [-0.4, -0.2) is 23.9 Å². The van der Waals surface area contributed by atoms with E-state index >= 15 is 0 Å². The quantitative estimate of drug-likeness (QED) is 0.740. The molecule has 0 spiro atoms. The molecular weight excluding hydrogens is 222 g/mol. The van der Waals surface area contributed by atoms with Gasteiger partial charge in [0, 0.05) is 13.1 Å². The fourth-order valence-corrected chi connectivity index (χ4v) is 1.94. The lowest BCUT2D eigenvalue weighted by atomic mass is 10.1. The number of halogens is 1. The van der Waals surface area contributed by atoms with Crippen LogP contribution in [0.4, 0.5) is 0 Å². The van der Waals surface area contributed by atoms with Gasteiger partial charge in [0.15, 0.2) is 0 Å². The summed E-state index contributed by atoms with van der Waals surface area (Å²) in [6.07, 6.45) is 0. The minimum Gasteiger partial charge on any atom is -0.342 e. The molecule has 0 N–H and O–H groups in total. The van der Waals surface area contributed by atoms with Crippen molar-refractivity contribution >= 4 is 17.5 Å². The molecule has 0 heterocycles. The number of amides is 1. The van der Waals surface area contributed by atoms with E-state index in [4.69, 9.17) is 11.6 Å². The van der Waals surface area contributed by atoms with E-state index in [0.29, 0.717) is 13.1 Å². The molecule has 0 radical (unpaired) electrons. The molecule has 16 heavy (non-hydrogen) atoms. The van der Waals surface area contributed by atoms with Gasteiger partial charge in [0.05, 0.1) is 0 Å². The standard InChI is InChI=1S/C13H18ClNO/c1-4-15(5-2)13(16)12(14)11-8-6-7-10(3)9-11/h6-9,12H,4-5H2,1-3H3. The molecule has 0 fully saturated rings. The Kier molecular flexibility index (Phi) is 4.81. The zero-order valence-corrected chi connectivity index (χ0v) is 10.8. The van der Waals surface area contributed by atoms with Gasteiger partial charge in [-0.3, -0.25) is 4.79 Å². The molecule has 1 atom stereocenters. The van der Waals surface area contributed by atoms with E-state index < -0.39 is 5.38 Å². The molecule has 88 valence electrons. The molecule has 0 aliphatic carbocycles. The molecule has 1 aromatic rings. The van der Waals surface area contributed by atoms with E-state index in [1.54, 1.807) is 4.90 Å². The van der Waals surface area contributed by atoms with Crippen molar-refractivity contribution in [1.82, 2.24) is 4.90 Å². The summed E-state index contributed by atoms with van der Waals surface area (Å²) in [4.78, 5) is 13.8. The van der Waals surface area contributed by atoms with Crippen LogP contribution in [0, 0.1) is 6.92 Å². The number of likely N-dealkylation sites (N-methyl/N-ethyl adjacent to an activating group) is 1. The first kappa shape index (κ1) is 13.0. The van der Waals surface area contributed by atoms with Crippen molar-refractivity contribution in [2.75, 3.05) is 13.1 Å². The van der Waals surface area contributed by atoms with Crippen LogP contribution in [0.1, 0.15) is 30.4 Å². The Morgan fingerprint density at radius 3 is 2.50 bits per heavy atom. The lowest BCUT2D eigenvalue weighted by Gasteiger charge is -2.22. The van der Waals surface area contributed by atoms with Gasteiger partial charge in [0.25, 0.3) is 0 Å². The number of benzene rings is 1.